The van der Waals surface area contributed by atoms with Crippen LogP contribution in [0.15, 0.2) is 23.1 Å². The first-order valence-corrected chi connectivity index (χ1v) is 8.21. The lowest BCUT2D eigenvalue weighted by Gasteiger charge is -2.08. The molecule has 1 aromatic carbocycles. The fourth-order valence-electron chi connectivity index (χ4n) is 1.78. The van der Waals surface area contributed by atoms with Crippen molar-refractivity contribution in [1.29, 1.82) is 0 Å². The molecule has 1 rings (SSSR count). The van der Waals surface area contributed by atoms with Gasteiger partial charge in [-0.25, -0.2) is 0 Å². The smallest absolute Gasteiger partial charge is 0.283 e. The highest BCUT2D eigenvalue weighted by molar-refractivity contribution is 7.99. The van der Waals surface area contributed by atoms with Crippen molar-refractivity contribution in [2.45, 2.75) is 50.8 Å². The van der Waals surface area contributed by atoms with E-state index in [0.717, 1.165) is 24.3 Å². The van der Waals surface area contributed by atoms with Crippen LogP contribution in [-0.4, -0.2) is 17.3 Å². The van der Waals surface area contributed by atoms with Crippen molar-refractivity contribution in [3.05, 3.63) is 28.3 Å². The molecule has 0 unspecified atom stereocenters. The molecule has 4 nitrogen and oxygen atoms in total. The molecule has 0 bridgehead atoms. The molecule has 0 N–H and O–H groups in total. The summed E-state index contributed by atoms with van der Waals surface area (Å²) in [7, 11) is 0. The van der Waals surface area contributed by atoms with E-state index < -0.39 is 0 Å². The van der Waals surface area contributed by atoms with Gasteiger partial charge in [0.1, 0.15) is 5.75 Å². The fraction of sp³-hybridized carbons (Fsp3) is 0.600. The number of rotatable bonds is 10. The Morgan fingerprint density at radius 1 is 1.20 bits per heavy atom. The third-order valence-corrected chi connectivity index (χ3v) is 4.11. The number of hydrogen-bond donors (Lipinski definition) is 0. The molecule has 0 aliphatic carbocycles. The van der Waals surface area contributed by atoms with Crippen LogP contribution in [0.3, 0.4) is 0 Å². The van der Waals surface area contributed by atoms with Crippen LogP contribution in [0.2, 0.25) is 0 Å². The fourth-order valence-corrected chi connectivity index (χ4v) is 2.70. The van der Waals surface area contributed by atoms with Gasteiger partial charge in [0.15, 0.2) is 0 Å². The van der Waals surface area contributed by atoms with Gasteiger partial charge in [0.25, 0.3) is 5.69 Å². The van der Waals surface area contributed by atoms with Crippen LogP contribution in [-0.2, 0) is 0 Å². The molecule has 0 spiro atoms. The monoisotopic (exact) mass is 297 g/mol. The molecule has 0 aromatic heterocycles. The highest BCUT2D eigenvalue weighted by atomic mass is 32.2. The Kier molecular flexibility index (Phi) is 8.11. The molecule has 0 saturated heterocycles. The second kappa shape index (κ2) is 9.64. The van der Waals surface area contributed by atoms with Crippen molar-refractivity contribution in [1.82, 2.24) is 0 Å². The SMILES string of the molecule is CCCCCCOc1ccc([N+](=O)[O-])c(SCCC)c1. The number of hydrogen-bond acceptors (Lipinski definition) is 4. The topological polar surface area (TPSA) is 52.4 Å². The van der Waals surface area contributed by atoms with Gasteiger partial charge in [-0.1, -0.05) is 33.1 Å². The summed E-state index contributed by atoms with van der Waals surface area (Å²) < 4.78 is 5.67. The zero-order chi connectivity index (χ0) is 14.8. The first kappa shape index (κ1) is 16.8. The van der Waals surface area contributed by atoms with E-state index in [2.05, 4.69) is 13.8 Å². The largest absolute Gasteiger partial charge is 0.494 e. The second-order valence-electron chi connectivity index (χ2n) is 4.64. The van der Waals surface area contributed by atoms with Gasteiger partial charge >= 0.3 is 0 Å². The highest BCUT2D eigenvalue weighted by Crippen LogP contribution is 2.33. The van der Waals surface area contributed by atoms with E-state index in [9.17, 15) is 10.1 Å². The maximum absolute atomic E-state index is 11.0. The average molecular weight is 297 g/mol. The average Bonchev–Trinajstić information content (AvgIpc) is 2.44. The summed E-state index contributed by atoms with van der Waals surface area (Å²) in [6.45, 7) is 4.91. The summed E-state index contributed by atoms with van der Waals surface area (Å²) >= 11 is 1.52. The number of nitro benzene ring substituents is 1. The normalized spacial score (nSPS) is 10.5. The van der Waals surface area contributed by atoms with E-state index in [-0.39, 0.29) is 10.6 Å². The molecule has 0 fully saturated rings. The van der Waals surface area contributed by atoms with Gasteiger partial charge in [-0.2, -0.15) is 0 Å². The van der Waals surface area contributed by atoms with E-state index >= 15 is 0 Å². The zero-order valence-electron chi connectivity index (χ0n) is 12.3. The van der Waals surface area contributed by atoms with Crippen LogP contribution in [0.4, 0.5) is 5.69 Å². The van der Waals surface area contributed by atoms with Gasteiger partial charge in [0.2, 0.25) is 0 Å². The molecule has 0 aliphatic rings. The number of benzene rings is 1. The van der Waals surface area contributed by atoms with E-state index in [1.54, 1.807) is 18.2 Å². The molecule has 5 heteroatoms. The predicted molar refractivity (Wildman–Crippen MR) is 83.7 cm³/mol. The third-order valence-electron chi connectivity index (χ3n) is 2.86. The summed E-state index contributed by atoms with van der Waals surface area (Å²) in [6.07, 6.45) is 5.61. The second-order valence-corrected chi connectivity index (χ2v) is 5.78. The maximum Gasteiger partial charge on any atom is 0.283 e. The van der Waals surface area contributed by atoms with Crippen molar-refractivity contribution < 1.29 is 9.66 Å². The van der Waals surface area contributed by atoms with Gasteiger partial charge < -0.3 is 4.74 Å². The first-order chi connectivity index (χ1) is 9.69. The quantitative estimate of drug-likeness (QED) is 0.262. The number of nitro groups is 1. The molecular formula is C15H23NO3S. The molecule has 0 saturated carbocycles. The Balaban J connectivity index is 2.61. The van der Waals surface area contributed by atoms with Gasteiger partial charge in [-0.15, -0.1) is 11.8 Å². The standard InChI is InChI=1S/C15H23NO3S/c1-3-5-6-7-10-19-13-8-9-14(16(17)18)15(12-13)20-11-4-2/h8-9,12H,3-7,10-11H2,1-2H3. The summed E-state index contributed by atoms with van der Waals surface area (Å²) in [5.41, 5.74) is 0.168. The Morgan fingerprint density at radius 2 is 2.00 bits per heavy atom. The van der Waals surface area contributed by atoms with Crippen LogP contribution in [0, 0.1) is 10.1 Å². The van der Waals surface area contributed by atoms with Crippen LogP contribution in [0.25, 0.3) is 0 Å². The number of ether oxygens (including phenoxy) is 1. The molecule has 0 atom stereocenters. The van der Waals surface area contributed by atoms with E-state index in [1.165, 1.54) is 31.0 Å². The summed E-state index contributed by atoms with van der Waals surface area (Å²) in [4.78, 5) is 11.3. The van der Waals surface area contributed by atoms with Gasteiger partial charge in [0, 0.05) is 12.1 Å². The van der Waals surface area contributed by atoms with E-state index in [4.69, 9.17) is 4.74 Å². The van der Waals surface area contributed by atoms with Gasteiger partial charge in [-0.3, -0.25) is 10.1 Å². The van der Waals surface area contributed by atoms with Crippen molar-refractivity contribution in [2.24, 2.45) is 0 Å². The van der Waals surface area contributed by atoms with Crippen LogP contribution in [0.1, 0.15) is 46.0 Å². The Hall–Kier alpha value is -1.23. The van der Waals surface area contributed by atoms with Crippen molar-refractivity contribution in [3.8, 4) is 5.75 Å². The summed E-state index contributed by atoms with van der Waals surface area (Å²) in [6, 6.07) is 5.02. The molecule has 20 heavy (non-hydrogen) atoms. The Bertz CT molecular complexity index is 424. The van der Waals surface area contributed by atoms with Crippen molar-refractivity contribution in [3.63, 3.8) is 0 Å². The van der Waals surface area contributed by atoms with Gasteiger partial charge in [-0.05, 0) is 24.7 Å². The van der Waals surface area contributed by atoms with Crippen LogP contribution < -0.4 is 4.74 Å². The number of unbranched alkanes of at least 4 members (excludes halogenated alkanes) is 3. The summed E-state index contributed by atoms with van der Waals surface area (Å²) in [5.74, 6) is 1.60. The number of thioether (sulfide) groups is 1. The predicted octanol–water partition coefficient (Wildman–Crippen LogP) is 5.06. The molecule has 0 radical (unpaired) electrons. The number of nitrogens with zero attached hydrogens (tertiary/aromatic N) is 1. The Labute approximate surface area is 125 Å². The minimum Gasteiger partial charge on any atom is -0.494 e. The lowest BCUT2D eigenvalue weighted by atomic mass is 10.2. The first-order valence-electron chi connectivity index (χ1n) is 7.23. The third kappa shape index (κ3) is 5.82. The molecule has 0 aliphatic heterocycles. The van der Waals surface area contributed by atoms with Gasteiger partial charge in [0.05, 0.1) is 16.4 Å². The molecule has 112 valence electrons. The van der Waals surface area contributed by atoms with Crippen molar-refractivity contribution in [2.75, 3.05) is 12.4 Å². The zero-order valence-corrected chi connectivity index (χ0v) is 13.1. The molecule has 0 amide bonds. The van der Waals surface area contributed by atoms with Crippen molar-refractivity contribution >= 4 is 17.4 Å². The maximum atomic E-state index is 11.0. The molecule has 1 aromatic rings. The van der Waals surface area contributed by atoms with E-state index in [0.29, 0.717) is 11.5 Å². The lowest BCUT2D eigenvalue weighted by molar-refractivity contribution is -0.387. The minimum atomic E-state index is -0.330. The van der Waals surface area contributed by atoms with E-state index in [1.807, 2.05) is 0 Å². The lowest BCUT2D eigenvalue weighted by Crippen LogP contribution is -1.98. The Morgan fingerprint density at radius 3 is 2.65 bits per heavy atom. The van der Waals surface area contributed by atoms with Crippen LogP contribution in [0.5, 0.6) is 5.75 Å². The highest BCUT2D eigenvalue weighted by Gasteiger charge is 2.14. The minimum absolute atomic E-state index is 0.168. The molecular weight excluding hydrogens is 274 g/mol. The molecule has 0 heterocycles. The summed E-state index contributed by atoms with van der Waals surface area (Å²) in [5, 5.41) is 11.0. The van der Waals surface area contributed by atoms with Crippen LogP contribution >= 0.6 is 11.8 Å².